The van der Waals surface area contributed by atoms with Crippen LogP contribution in [0.15, 0.2) is 72.3 Å². The van der Waals surface area contributed by atoms with E-state index >= 15 is 0 Å². The Morgan fingerprint density at radius 1 is 0.923 bits per heavy atom. The summed E-state index contributed by atoms with van der Waals surface area (Å²) in [5.74, 6) is 1.03. The van der Waals surface area contributed by atoms with Gasteiger partial charge in [-0.15, -0.1) is 0 Å². The Hall–Kier alpha value is -3.33. The monoisotopic (exact) mass is 342 g/mol. The summed E-state index contributed by atoms with van der Waals surface area (Å²) in [6.45, 7) is 2.07. The quantitative estimate of drug-likeness (QED) is 0.488. The maximum Gasteiger partial charge on any atom is 0.343 e. The number of ether oxygens (including phenoxy) is 2. The second-order valence-corrected chi connectivity index (χ2v) is 6.34. The van der Waals surface area contributed by atoms with Crippen LogP contribution in [-0.2, 0) is 9.53 Å². The highest BCUT2D eigenvalue weighted by Crippen LogP contribution is 2.30. The van der Waals surface area contributed by atoms with Gasteiger partial charge in [0.05, 0.1) is 12.7 Å². The predicted octanol–water partition coefficient (Wildman–Crippen LogP) is 5.14. The van der Waals surface area contributed by atoms with Crippen molar-refractivity contribution in [2.45, 2.75) is 6.92 Å². The van der Waals surface area contributed by atoms with E-state index in [-0.39, 0.29) is 5.97 Å². The first-order valence-electron chi connectivity index (χ1n) is 8.43. The minimum atomic E-state index is -0.333. The fourth-order valence-electron chi connectivity index (χ4n) is 3.03. The Bertz CT molecular complexity index is 1060. The van der Waals surface area contributed by atoms with Crippen LogP contribution in [-0.4, -0.2) is 13.1 Å². The van der Waals surface area contributed by atoms with Crippen molar-refractivity contribution in [1.29, 1.82) is 0 Å². The van der Waals surface area contributed by atoms with E-state index in [4.69, 9.17) is 9.47 Å². The second kappa shape index (κ2) is 6.52. The van der Waals surface area contributed by atoms with Gasteiger partial charge in [0, 0.05) is 5.56 Å². The predicted molar refractivity (Wildman–Crippen MR) is 104 cm³/mol. The van der Waals surface area contributed by atoms with Crippen molar-refractivity contribution in [1.82, 2.24) is 0 Å². The maximum atomic E-state index is 12.2. The van der Waals surface area contributed by atoms with Crippen LogP contribution in [0.25, 0.3) is 22.6 Å². The number of fused-ring (bicyclic) bond motifs is 1. The van der Waals surface area contributed by atoms with Gasteiger partial charge in [-0.1, -0.05) is 48.0 Å². The molecule has 4 rings (SSSR count). The van der Waals surface area contributed by atoms with E-state index in [0.29, 0.717) is 11.3 Å². The van der Waals surface area contributed by atoms with Gasteiger partial charge in [-0.25, -0.2) is 4.79 Å². The highest BCUT2D eigenvalue weighted by molar-refractivity contribution is 6.05. The zero-order chi connectivity index (χ0) is 18.1. The Morgan fingerprint density at radius 2 is 1.65 bits per heavy atom. The minimum Gasteiger partial charge on any atom is -0.497 e. The van der Waals surface area contributed by atoms with Gasteiger partial charge in [-0.05, 0) is 53.6 Å². The number of aryl methyl sites for hydroxylation is 1. The van der Waals surface area contributed by atoms with Crippen LogP contribution in [0.5, 0.6) is 5.75 Å². The zero-order valence-electron chi connectivity index (χ0n) is 14.7. The third kappa shape index (κ3) is 3.11. The average Bonchev–Trinajstić information content (AvgIpc) is 3.02. The summed E-state index contributed by atoms with van der Waals surface area (Å²) in [6, 6.07) is 19.9. The lowest BCUT2D eigenvalue weighted by atomic mass is 10.0. The van der Waals surface area contributed by atoms with Gasteiger partial charge >= 0.3 is 5.97 Å². The molecule has 1 aliphatic rings. The number of methoxy groups -OCH3 is 1. The first-order chi connectivity index (χ1) is 12.6. The van der Waals surface area contributed by atoms with Gasteiger partial charge in [-0.2, -0.15) is 0 Å². The highest BCUT2D eigenvalue weighted by atomic mass is 16.5. The SMILES string of the molecule is COc1ccc(/C=C2/C=C(c3ccc4cc(C)ccc4c3)OC2=O)cc1. The van der Waals surface area contributed by atoms with E-state index in [1.54, 1.807) is 13.2 Å². The van der Waals surface area contributed by atoms with Crippen LogP contribution < -0.4 is 4.74 Å². The van der Waals surface area contributed by atoms with Crippen molar-refractivity contribution in [2.75, 3.05) is 7.11 Å². The molecule has 0 bridgehead atoms. The Labute approximate surface area is 152 Å². The molecule has 3 aromatic carbocycles. The topological polar surface area (TPSA) is 35.5 Å². The molecule has 0 aromatic heterocycles. The van der Waals surface area contributed by atoms with E-state index in [1.807, 2.05) is 42.5 Å². The maximum absolute atomic E-state index is 12.2. The van der Waals surface area contributed by atoms with Crippen molar-refractivity contribution in [3.63, 3.8) is 0 Å². The molecule has 26 heavy (non-hydrogen) atoms. The molecule has 1 aliphatic heterocycles. The molecule has 0 radical (unpaired) electrons. The molecule has 0 fully saturated rings. The molecule has 0 aliphatic carbocycles. The molecule has 0 unspecified atom stereocenters. The van der Waals surface area contributed by atoms with Gasteiger partial charge < -0.3 is 9.47 Å². The number of hydrogen-bond acceptors (Lipinski definition) is 3. The summed E-state index contributed by atoms with van der Waals surface area (Å²) in [4.78, 5) is 12.2. The second-order valence-electron chi connectivity index (χ2n) is 6.34. The molecule has 3 aromatic rings. The summed E-state index contributed by atoms with van der Waals surface area (Å²) in [7, 11) is 1.63. The molecule has 0 N–H and O–H groups in total. The third-order valence-corrected chi connectivity index (χ3v) is 4.44. The largest absolute Gasteiger partial charge is 0.497 e. The molecular formula is C23H18O3. The molecule has 0 saturated heterocycles. The smallest absolute Gasteiger partial charge is 0.343 e. The van der Waals surface area contributed by atoms with Gasteiger partial charge in [0.15, 0.2) is 0 Å². The minimum absolute atomic E-state index is 0.333. The van der Waals surface area contributed by atoms with Gasteiger partial charge in [0.1, 0.15) is 11.5 Å². The molecule has 0 amide bonds. The molecule has 128 valence electrons. The average molecular weight is 342 g/mol. The number of carbonyl (C=O) groups excluding carboxylic acids is 1. The summed E-state index contributed by atoms with van der Waals surface area (Å²) >= 11 is 0. The molecule has 0 saturated carbocycles. The lowest BCUT2D eigenvalue weighted by molar-refractivity contribution is -0.130. The molecule has 0 atom stereocenters. The van der Waals surface area contributed by atoms with Crippen molar-refractivity contribution in [3.8, 4) is 5.75 Å². The van der Waals surface area contributed by atoms with Gasteiger partial charge in [0.2, 0.25) is 0 Å². The summed E-state index contributed by atoms with van der Waals surface area (Å²) < 4.78 is 10.6. The van der Waals surface area contributed by atoms with Gasteiger partial charge in [-0.3, -0.25) is 0 Å². The highest BCUT2D eigenvalue weighted by Gasteiger charge is 2.22. The Kier molecular flexibility index (Phi) is 4.05. The number of benzene rings is 3. The fraction of sp³-hybridized carbons (Fsp3) is 0.0870. The normalized spacial score (nSPS) is 15.2. The molecular weight excluding hydrogens is 324 g/mol. The van der Waals surface area contributed by atoms with Crippen LogP contribution in [0.4, 0.5) is 0 Å². The number of rotatable bonds is 3. The third-order valence-electron chi connectivity index (χ3n) is 4.44. The van der Waals surface area contributed by atoms with E-state index in [9.17, 15) is 4.79 Å². The van der Waals surface area contributed by atoms with Crippen molar-refractivity contribution < 1.29 is 14.3 Å². The first-order valence-corrected chi connectivity index (χ1v) is 8.43. The van der Waals surface area contributed by atoms with E-state index in [2.05, 4.69) is 31.2 Å². The lowest BCUT2D eigenvalue weighted by Gasteiger charge is -2.05. The zero-order valence-corrected chi connectivity index (χ0v) is 14.7. The summed E-state index contributed by atoms with van der Waals surface area (Å²) in [5, 5.41) is 2.30. The van der Waals surface area contributed by atoms with E-state index in [0.717, 1.165) is 22.3 Å². The number of hydrogen-bond donors (Lipinski definition) is 0. The number of esters is 1. The Balaban J connectivity index is 1.67. The van der Waals surface area contributed by atoms with Crippen LogP contribution in [0.3, 0.4) is 0 Å². The molecule has 3 heteroatoms. The van der Waals surface area contributed by atoms with Crippen LogP contribution in [0, 0.1) is 6.92 Å². The number of carbonyl (C=O) groups is 1. The van der Waals surface area contributed by atoms with Crippen LogP contribution in [0.2, 0.25) is 0 Å². The summed E-state index contributed by atoms with van der Waals surface area (Å²) in [6.07, 6.45) is 3.61. The van der Waals surface area contributed by atoms with Gasteiger partial charge in [0.25, 0.3) is 0 Å². The summed E-state index contributed by atoms with van der Waals surface area (Å²) in [5.41, 5.74) is 3.58. The standard InChI is InChI=1S/C23H18O3/c1-15-3-6-18-13-19(8-7-17(18)11-15)22-14-20(23(24)26-22)12-16-4-9-21(25-2)10-5-16/h3-14H,1-2H3/b20-12-. The van der Waals surface area contributed by atoms with Crippen molar-refractivity contribution in [2.24, 2.45) is 0 Å². The van der Waals surface area contributed by atoms with Crippen molar-refractivity contribution >= 4 is 28.6 Å². The lowest BCUT2D eigenvalue weighted by Crippen LogP contribution is -1.97. The van der Waals surface area contributed by atoms with Crippen LogP contribution >= 0.6 is 0 Å². The first kappa shape index (κ1) is 16.2. The molecule has 1 heterocycles. The van der Waals surface area contributed by atoms with E-state index < -0.39 is 0 Å². The molecule has 0 spiro atoms. The van der Waals surface area contributed by atoms with E-state index in [1.165, 1.54) is 10.9 Å². The fourth-order valence-corrected chi connectivity index (χ4v) is 3.03. The Morgan fingerprint density at radius 3 is 2.42 bits per heavy atom. The number of cyclic esters (lactones) is 1. The van der Waals surface area contributed by atoms with Crippen molar-refractivity contribution in [3.05, 3.63) is 89.0 Å². The molecule has 3 nitrogen and oxygen atoms in total. The van der Waals surface area contributed by atoms with Crippen LogP contribution in [0.1, 0.15) is 16.7 Å².